The van der Waals surface area contributed by atoms with Crippen LogP contribution < -0.4 is 10.2 Å². The fourth-order valence-corrected chi connectivity index (χ4v) is 2.75. The number of carbonyl (C=O) groups is 2. The van der Waals surface area contributed by atoms with Crippen LogP contribution in [0, 0.1) is 0 Å². The van der Waals surface area contributed by atoms with Gasteiger partial charge in [0.2, 0.25) is 0 Å². The Hall–Kier alpha value is -2.41. The molecule has 0 aliphatic carbocycles. The second-order valence-electron chi connectivity index (χ2n) is 13.2. The van der Waals surface area contributed by atoms with E-state index in [-0.39, 0.29) is 47.5 Å². The number of hydrogen-bond donors (Lipinski definition) is 2. The van der Waals surface area contributed by atoms with E-state index in [9.17, 15) is 19.8 Å². The van der Waals surface area contributed by atoms with Crippen LogP contribution in [0.5, 0.6) is 0 Å². The molecule has 0 bridgehead atoms. The predicted molar refractivity (Wildman–Crippen MR) is 152 cm³/mol. The Morgan fingerprint density at radius 2 is 0.846 bits per heavy atom. The van der Waals surface area contributed by atoms with Crippen molar-refractivity contribution in [2.75, 3.05) is 0 Å². The normalized spacial score (nSPS) is 11.2. The second-order valence-corrected chi connectivity index (χ2v) is 13.2. The van der Waals surface area contributed by atoms with Crippen molar-refractivity contribution in [2.24, 2.45) is 0 Å². The molecule has 0 spiro atoms. The molecule has 2 aromatic rings. The monoisotopic (exact) mass is 708 g/mol. The number of carboxylic acid groups (broad SMARTS) is 2. The minimum absolute atomic E-state index is 0. The van der Waals surface area contributed by atoms with Crippen LogP contribution in [0.25, 0.3) is 0 Å². The van der Waals surface area contributed by atoms with Gasteiger partial charge >= 0.3 is 37.8 Å². The first-order valence-electron chi connectivity index (χ1n) is 12.4. The van der Waals surface area contributed by atoms with Gasteiger partial charge < -0.3 is 20.4 Å². The molecule has 0 saturated carbocycles. The first kappa shape index (κ1) is 41.1. The van der Waals surface area contributed by atoms with E-state index in [0.717, 1.165) is 0 Å². The molecule has 0 aromatic heterocycles. The average Bonchev–Trinajstić information content (AvgIpc) is 3.38. The molecule has 0 radical (unpaired) electrons. The number of hydrogen-bond acceptors (Lipinski definition) is 4. The van der Waals surface area contributed by atoms with Gasteiger partial charge in [0.1, 0.15) is 0 Å². The van der Waals surface area contributed by atoms with Crippen LogP contribution in [0.15, 0.2) is 61.1 Å². The summed E-state index contributed by atoms with van der Waals surface area (Å²) in [5.41, 5.74) is 6.89. The molecule has 39 heavy (non-hydrogen) atoms. The molecule has 2 rings (SSSR count). The Morgan fingerprint density at radius 3 is 0.923 bits per heavy atom. The topological polar surface area (TPSA) is 121 Å². The Bertz CT molecular complexity index is 891. The molecule has 0 amide bonds. The van der Waals surface area contributed by atoms with E-state index >= 15 is 0 Å². The van der Waals surface area contributed by atoms with Gasteiger partial charge in [-0.2, -0.15) is 46.5 Å². The van der Waals surface area contributed by atoms with E-state index in [0.29, 0.717) is 0 Å². The summed E-state index contributed by atoms with van der Waals surface area (Å²) in [6.45, 7) is 32.3. The van der Waals surface area contributed by atoms with E-state index in [1.165, 1.54) is 22.3 Å². The van der Waals surface area contributed by atoms with Crippen molar-refractivity contribution in [1.29, 1.82) is 0 Å². The van der Waals surface area contributed by atoms with Crippen molar-refractivity contribution in [2.45, 2.75) is 105 Å². The number of aliphatic carboxylic acids is 2. The molecule has 0 unspecified atom stereocenters. The quantitative estimate of drug-likeness (QED) is 0.174. The van der Waals surface area contributed by atoms with Crippen LogP contribution >= 0.6 is 0 Å². The summed E-state index contributed by atoms with van der Waals surface area (Å²) in [5, 5.41) is 34.0. The third-order valence-corrected chi connectivity index (χ3v) is 5.45. The summed E-state index contributed by atoms with van der Waals surface area (Å²) < 4.78 is 0. The zero-order valence-electron chi connectivity index (χ0n) is 25.9. The van der Waals surface area contributed by atoms with Crippen molar-refractivity contribution in [3.05, 3.63) is 83.3 Å². The van der Waals surface area contributed by atoms with Gasteiger partial charge in [-0.25, -0.2) is 21.7 Å². The number of rotatable bonds is 2. The van der Waals surface area contributed by atoms with Gasteiger partial charge in [-0.1, -0.05) is 118 Å². The van der Waals surface area contributed by atoms with E-state index in [1.54, 1.807) is 0 Å². The molecule has 0 atom stereocenters. The number of carboxylic acids is 2. The Balaban J connectivity index is -0.000000469. The summed E-state index contributed by atoms with van der Waals surface area (Å²) in [7, 11) is 0. The molecule has 7 heteroatoms. The standard InChI is InChI=1S/2C13H21.2C3H4O3.Hf/c2*1-12(2,3)10-7-8-11(9-10)13(4,5)6;2*1-2(4)3(5)6;/h2*7-9H,1-6H3;2*4H,1H2,(H,5,6);/q2*-1;;;+4/p-2. The van der Waals surface area contributed by atoms with Crippen molar-refractivity contribution >= 4 is 11.9 Å². The van der Waals surface area contributed by atoms with Gasteiger partial charge in [-0.3, -0.25) is 0 Å². The van der Waals surface area contributed by atoms with Gasteiger partial charge in [0.05, 0.1) is 0 Å². The molecule has 0 heterocycles. The molecule has 6 nitrogen and oxygen atoms in total. The maximum Gasteiger partial charge on any atom is 4.00 e. The van der Waals surface area contributed by atoms with E-state index in [2.05, 4.69) is 133 Å². The van der Waals surface area contributed by atoms with Crippen molar-refractivity contribution in [3.8, 4) is 0 Å². The van der Waals surface area contributed by atoms with E-state index in [4.69, 9.17) is 10.2 Å². The van der Waals surface area contributed by atoms with Gasteiger partial charge in [0.25, 0.3) is 0 Å². The zero-order chi connectivity index (χ0) is 30.9. The fourth-order valence-electron chi connectivity index (χ4n) is 2.75. The molecule has 0 aliphatic heterocycles. The molecule has 0 aliphatic rings. The smallest absolute Gasteiger partial charge is 0.868 e. The molecular weight excluding hydrogens is 659 g/mol. The van der Waals surface area contributed by atoms with Gasteiger partial charge in [-0.15, -0.1) is 0 Å². The first-order chi connectivity index (χ1) is 16.7. The maximum absolute atomic E-state index is 9.43. The van der Waals surface area contributed by atoms with E-state index < -0.39 is 23.5 Å². The summed E-state index contributed by atoms with van der Waals surface area (Å²) in [4.78, 5) is 18.6. The molecule has 0 saturated heterocycles. The minimum Gasteiger partial charge on any atom is -0.868 e. The first-order valence-corrected chi connectivity index (χ1v) is 12.4. The summed E-state index contributed by atoms with van der Waals surface area (Å²) >= 11 is 0. The van der Waals surface area contributed by atoms with Gasteiger partial charge in [-0.05, 0) is 11.5 Å². The summed E-state index contributed by atoms with van der Waals surface area (Å²) in [6, 6.07) is 13.7. The zero-order valence-corrected chi connectivity index (χ0v) is 29.5. The largest absolute Gasteiger partial charge is 4.00 e. The van der Waals surface area contributed by atoms with Crippen LogP contribution in [0.4, 0.5) is 0 Å². The summed E-state index contributed by atoms with van der Waals surface area (Å²) in [5.74, 6) is -5.13. The Morgan fingerprint density at radius 1 is 0.641 bits per heavy atom. The molecule has 2 N–H and O–H groups in total. The average molecular weight is 707 g/mol. The maximum atomic E-state index is 9.43. The summed E-state index contributed by atoms with van der Waals surface area (Å²) in [6.07, 6.45) is 0. The molecular formula is C32H48HfO6. The van der Waals surface area contributed by atoms with Gasteiger partial charge in [0, 0.05) is 0 Å². The minimum atomic E-state index is -1.49. The van der Waals surface area contributed by atoms with Gasteiger partial charge in [0.15, 0.2) is 0 Å². The Labute approximate surface area is 255 Å². The van der Waals surface area contributed by atoms with Crippen LogP contribution in [0.3, 0.4) is 0 Å². The molecule has 216 valence electrons. The van der Waals surface area contributed by atoms with Crippen LogP contribution in [-0.2, 0) is 57.1 Å². The van der Waals surface area contributed by atoms with Crippen LogP contribution in [0.1, 0.15) is 105 Å². The van der Waals surface area contributed by atoms with Crippen LogP contribution in [0.2, 0.25) is 0 Å². The van der Waals surface area contributed by atoms with E-state index in [1.807, 2.05) is 0 Å². The van der Waals surface area contributed by atoms with Crippen molar-refractivity contribution in [1.82, 2.24) is 0 Å². The third kappa shape index (κ3) is 17.7. The second kappa shape index (κ2) is 16.0. The van der Waals surface area contributed by atoms with Crippen molar-refractivity contribution < 1.29 is 55.9 Å². The molecule has 2 aromatic carbocycles. The predicted octanol–water partition coefficient (Wildman–Crippen LogP) is 5.89. The Kier molecular flexibility index (Phi) is 16.9. The molecule has 0 fully saturated rings. The van der Waals surface area contributed by atoms with Crippen LogP contribution in [-0.4, -0.2) is 22.2 Å². The SMILES string of the molecule is C=C([O-])C(=O)O.C=C([O-])C(=O)O.CC(C)(C)c1cc[c-](C(C)(C)C)c1.CC(C)(C)c1cc[c-](C(C)(C)C)c1.[Hf+4]. The van der Waals surface area contributed by atoms with Crippen molar-refractivity contribution in [3.63, 3.8) is 0 Å². The fraction of sp³-hybridized carbons (Fsp3) is 0.500. The third-order valence-electron chi connectivity index (χ3n) is 5.45.